The van der Waals surface area contributed by atoms with Crippen LogP contribution < -0.4 is 5.32 Å². The maximum absolute atomic E-state index is 11.6. The minimum Gasteiger partial charge on any atom is -0.450 e. The van der Waals surface area contributed by atoms with Crippen LogP contribution in [0.2, 0.25) is 5.02 Å². The Morgan fingerprint density at radius 3 is 2.77 bits per heavy atom. The van der Waals surface area contributed by atoms with Crippen LogP contribution in [0.25, 0.3) is 0 Å². The summed E-state index contributed by atoms with van der Waals surface area (Å²) >= 11 is 5.98. The van der Waals surface area contributed by atoms with Crippen molar-refractivity contribution in [2.24, 2.45) is 0 Å². The molecule has 0 saturated carbocycles. The van der Waals surface area contributed by atoms with E-state index in [2.05, 4.69) is 29.3 Å². The van der Waals surface area contributed by atoms with Crippen LogP contribution in [0.15, 0.2) is 24.3 Å². The number of nitrogens with zero attached hydrogens (tertiary/aromatic N) is 1. The third-order valence-electron chi connectivity index (χ3n) is 4.13. The van der Waals surface area contributed by atoms with Crippen molar-refractivity contribution in [1.82, 2.24) is 10.2 Å². The van der Waals surface area contributed by atoms with Gasteiger partial charge in [-0.2, -0.15) is 0 Å². The highest BCUT2D eigenvalue weighted by atomic mass is 35.5. The van der Waals surface area contributed by atoms with Gasteiger partial charge in [0, 0.05) is 23.7 Å². The molecule has 1 aromatic rings. The van der Waals surface area contributed by atoms with Gasteiger partial charge in [-0.1, -0.05) is 30.7 Å². The molecule has 4 nitrogen and oxygen atoms in total. The van der Waals surface area contributed by atoms with Gasteiger partial charge in [-0.15, -0.1) is 0 Å². The van der Waals surface area contributed by atoms with E-state index in [1.165, 1.54) is 5.56 Å². The molecule has 0 radical (unpaired) electrons. The second-order valence-electron chi connectivity index (χ2n) is 5.67. The largest absolute Gasteiger partial charge is 0.450 e. The Morgan fingerprint density at radius 1 is 1.41 bits per heavy atom. The van der Waals surface area contributed by atoms with Crippen LogP contribution in [0, 0.1) is 0 Å². The number of alkyl carbamates (subject to hydrolysis) is 1. The van der Waals surface area contributed by atoms with Crippen molar-refractivity contribution >= 4 is 17.7 Å². The van der Waals surface area contributed by atoms with Crippen molar-refractivity contribution in [2.45, 2.75) is 45.2 Å². The molecule has 2 unspecified atom stereocenters. The summed E-state index contributed by atoms with van der Waals surface area (Å²) in [6.07, 6.45) is 2.82. The zero-order chi connectivity index (χ0) is 15.9. The molecule has 0 spiro atoms. The first kappa shape index (κ1) is 17.1. The molecule has 1 fully saturated rings. The predicted octanol–water partition coefficient (Wildman–Crippen LogP) is 4.00. The van der Waals surface area contributed by atoms with Crippen LogP contribution >= 0.6 is 11.6 Å². The van der Waals surface area contributed by atoms with E-state index < -0.39 is 0 Å². The van der Waals surface area contributed by atoms with E-state index in [0.29, 0.717) is 12.6 Å². The summed E-state index contributed by atoms with van der Waals surface area (Å²) in [5, 5.41) is 3.73. The van der Waals surface area contributed by atoms with Crippen molar-refractivity contribution < 1.29 is 9.53 Å². The highest BCUT2D eigenvalue weighted by Gasteiger charge is 2.27. The fourth-order valence-corrected chi connectivity index (χ4v) is 3.26. The Bertz CT molecular complexity index is 478. The van der Waals surface area contributed by atoms with Gasteiger partial charge in [-0.05, 0) is 50.4 Å². The Morgan fingerprint density at radius 2 is 2.14 bits per heavy atom. The summed E-state index contributed by atoms with van der Waals surface area (Å²) in [7, 11) is 0. The van der Waals surface area contributed by atoms with Crippen LogP contribution in [0.3, 0.4) is 0 Å². The fraction of sp³-hybridized carbons (Fsp3) is 0.588. The Labute approximate surface area is 137 Å². The van der Waals surface area contributed by atoms with E-state index in [9.17, 15) is 4.79 Å². The highest BCUT2D eigenvalue weighted by molar-refractivity contribution is 6.30. The minimum absolute atomic E-state index is 0.161. The average molecular weight is 325 g/mol. The summed E-state index contributed by atoms with van der Waals surface area (Å²) in [6.45, 7) is 6.34. The first-order valence-corrected chi connectivity index (χ1v) is 8.44. The van der Waals surface area contributed by atoms with E-state index in [0.717, 1.165) is 37.4 Å². The van der Waals surface area contributed by atoms with Crippen LogP contribution in [0.1, 0.15) is 44.7 Å². The minimum atomic E-state index is -0.311. The van der Waals surface area contributed by atoms with Gasteiger partial charge < -0.3 is 10.1 Å². The van der Waals surface area contributed by atoms with Crippen molar-refractivity contribution in [3.8, 4) is 0 Å². The lowest BCUT2D eigenvalue weighted by Gasteiger charge is -2.38. The third kappa shape index (κ3) is 4.62. The molecule has 0 aromatic heterocycles. The Balaban J connectivity index is 2.00. The number of carbonyl (C=O) groups is 1. The summed E-state index contributed by atoms with van der Waals surface area (Å²) in [5.74, 6) is 0. The topological polar surface area (TPSA) is 41.6 Å². The van der Waals surface area contributed by atoms with Gasteiger partial charge in [0.05, 0.1) is 6.61 Å². The zero-order valence-electron chi connectivity index (χ0n) is 13.3. The molecule has 0 bridgehead atoms. The van der Waals surface area contributed by atoms with Gasteiger partial charge in [-0.3, -0.25) is 4.90 Å². The molecule has 1 aliphatic heterocycles. The maximum atomic E-state index is 11.6. The standard InChI is InChI=1S/C17H25ClN2O2/c1-3-16(13-7-9-14(18)10-8-13)20-11-5-6-15(12-20)19-17(21)22-4-2/h7-10,15-16H,3-6,11-12H2,1-2H3,(H,19,21). The lowest BCUT2D eigenvalue weighted by molar-refractivity contribution is 0.115. The lowest BCUT2D eigenvalue weighted by atomic mass is 9.98. The van der Waals surface area contributed by atoms with E-state index in [1.807, 2.05) is 19.1 Å². The summed E-state index contributed by atoms with van der Waals surface area (Å²) in [6, 6.07) is 8.60. The van der Waals surface area contributed by atoms with Crippen molar-refractivity contribution in [3.05, 3.63) is 34.9 Å². The van der Waals surface area contributed by atoms with Crippen LogP contribution in [0.5, 0.6) is 0 Å². The highest BCUT2D eigenvalue weighted by Crippen LogP contribution is 2.28. The molecule has 1 N–H and O–H groups in total. The van der Waals surface area contributed by atoms with E-state index in [4.69, 9.17) is 16.3 Å². The predicted molar refractivity (Wildman–Crippen MR) is 89.2 cm³/mol. The average Bonchev–Trinajstić information content (AvgIpc) is 2.50. The van der Waals surface area contributed by atoms with Gasteiger partial charge in [0.25, 0.3) is 0 Å². The number of halogens is 1. The third-order valence-corrected chi connectivity index (χ3v) is 4.38. The van der Waals surface area contributed by atoms with Crippen LogP contribution in [-0.2, 0) is 4.74 Å². The van der Waals surface area contributed by atoms with Crippen molar-refractivity contribution in [3.63, 3.8) is 0 Å². The van der Waals surface area contributed by atoms with Crippen molar-refractivity contribution in [2.75, 3.05) is 19.7 Å². The molecule has 2 rings (SSSR count). The van der Waals surface area contributed by atoms with Gasteiger partial charge in [0.1, 0.15) is 0 Å². The SMILES string of the molecule is CCOC(=O)NC1CCCN(C(CC)c2ccc(Cl)cc2)C1. The fourth-order valence-electron chi connectivity index (χ4n) is 3.14. The van der Waals surface area contributed by atoms with E-state index in [1.54, 1.807) is 0 Å². The molecule has 122 valence electrons. The molecule has 0 aliphatic carbocycles. The van der Waals surface area contributed by atoms with Gasteiger partial charge in [-0.25, -0.2) is 4.79 Å². The number of piperidine rings is 1. The molecule has 2 atom stereocenters. The normalized spacial score (nSPS) is 20.4. The number of likely N-dealkylation sites (tertiary alicyclic amines) is 1. The van der Waals surface area contributed by atoms with E-state index >= 15 is 0 Å². The summed E-state index contributed by atoms with van der Waals surface area (Å²) < 4.78 is 4.98. The Kier molecular flexibility index (Phi) is 6.52. The second-order valence-corrected chi connectivity index (χ2v) is 6.11. The number of ether oxygens (including phenoxy) is 1. The Hall–Kier alpha value is -1.26. The van der Waals surface area contributed by atoms with Crippen LogP contribution in [0.4, 0.5) is 4.79 Å². The number of carbonyl (C=O) groups excluding carboxylic acids is 1. The molecule has 22 heavy (non-hydrogen) atoms. The maximum Gasteiger partial charge on any atom is 0.407 e. The number of benzene rings is 1. The number of rotatable bonds is 5. The first-order chi connectivity index (χ1) is 10.6. The number of hydrogen-bond acceptors (Lipinski definition) is 3. The van der Waals surface area contributed by atoms with Gasteiger partial charge in [0.15, 0.2) is 0 Å². The lowest BCUT2D eigenvalue weighted by Crippen LogP contribution is -2.48. The number of nitrogens with one attached hydrogen (secondary N) is 1. The first-order valence-electron chi connectivity index (χ1n) is 8.06. The summed E-state index contributed by atoms with van der Waals surface area (Å²) in [4.78, 5) is 14.0. The van der Waals surface area contributed by atoms with Crippen LogP contribution in [-0.4, -0.2) is 36.7 Å². The monoisotopic (exact) mass is 324 g/mol. The van der Waals surface area contributed by atoms with Gasteiger partial charge in [0.2, 0.25) is 0 Å². The zero-order valence-corrected chi connectivity index (χ0v) is 14.1. The molecule has 1 saturated heterocycles. The molecular weight excluding hydrogens is 300 g/mol. The quantitative estimate of drug-likeness (QED) is 0.890. The molecule has 1 aliphatic rings. The molecule has 1 amide bonds. The number of amides is 1. The molecular formula is C17H25ClN2O2. The smallest absolute Gasteiger partial charge is 0.407 e. The van der Waals surface area contributed by atoms with E-state index in [-0.39, 0.29) is 12.1 Å². The second kappa shape index (κ2) is 8.39. The van der Waals surface area contributed by atoms with Gasteiger partial charge >= 0.3 is 6.09 Å². The van der Waals surface area contributed by atoms with Crippen molar-refractivity contribution in [1.29, 1.82) is 0 Å². The summed E-state index contributed by atoms with van der Waals surface area (Å²) in [5.41, 5.74) is 1.28. The molecule has 1 aromatic carbocycles. The molecule has 5 heteroatoms. The molecule has 1 heterocycles. The number of hydrogen-bond donors (Lipinski definition) is 1.